The largest absolute Gasteiger partial charge is 0.444 e. The number of ether oxygens (including phenoxy) is 1. The van der Waals surface area contributed by atoms with Gasteiger partial charge in [-0.2, -0.15) is 5.26 Å². The molecule has 1 aliphatic carbocycles. The zero-order valence-corrected chi connectivity index (χ0v) is 19.5. The van der Waals surface area contributed by atoms with Gasteiger partial charge in [-0.1, -0.05) is 18.2 Å². The van der Waals surface area contributed by atoms with Gasteiger partial charge < -0.3 is 25.6 Å². The van der Waals surface area contributed by atoms with Crippen molar-refractivity contribution in [1.82, 2.24) is 15.5 Å². The molecule has 0 unspecified atom stereocenters. The lowest BCUT2D eigenvalue weighted by Crippen LogP contribution is -2.54. The SMILES string of the molecule is CC(C)(C)OC(=O)N[C@H]1CCC[C@@H]1NC(=O)C(=O)N1C[C@]2(C[C@H]1C#N)C(=O)Nc1ccccc12. The maximum absolute atomic E-state index is 13.1. The molecule has 1 aromatic carbocycles. The molecule has 2 aliphatic heterocycles. The monoisotopic (exact) mass is 467 g/mol. The van der Waals surface area contributed by atoms with Gasteiger partial charge in [0.05, 0.1) is 17.5 Å². The first-order valence-corrected chi connectivity index (χ1v) is 11.5. The van der Waals surface area contributed by atoms with Gasteiger partial charge in [0, 0.05) is 24.7 Å². The smallest absolute Gasteiger partial charge is 0.407 e. The van der Waals surface area contributed by atoms with Crippen LogP contribution in [-0.4, -0.2) is 59.0 Å². The topological polar surface area (TPSA) is 141 Å². The quantitative estimate of drug-likeness (QED) is 0.564. The van der Waals surface area contributed by atoms with Crippen molar-refractivity contribution >= 4 is 29.5 Å². The molecule has 0 bridgehead atoms. The van der Waals surface area contributed by atoms with Crippen molar-refractivity contribution in [3.63, 3.8) is 0 Å². The van der Waals surface area contributed by atoms with Crippen LogP contribution in [0.2, 0.25) is 0 Å². The predicted octanol–water partition coefficient (Wildman–Crippen LogP) is 1.56. The van der Waals surface area contributed by atoms with Gasteiger partial charge in [-0.15, -0.1) is 0 Å². The second-order valence-electron chi connectivity index (χ2n) is 10.1. The molecule has 1 saturated heterocycles. The first-order chi connectivity index (χ1) is 16.0. The first kappa shape index (κ1) is 23.5. The number of likely N-dealkylation sites (tertiary alicyclic amines) is 1. The molecule has 3 aliphatic rings. The Labute approximate surface area is 198 Å². The third-order valence-corrected chi connectivity index (χ3v) is 6.62. The summed E-state index contributed by atoms with van der Waals surface area (Å²) in [5, 5.41) is 18.0. The lowest BCUT2D eigenvalue weighted by molar-refractivity contribution is -0.146. The molecule has 2 fully saturated rings. The molecule has 2 heterocycles. The molecule has 10 nitrogen and oxygen atoms in total. The number of hydrogen-bond acceptors (Lipinski definition) is 6. The molecular weight excluding hydrogens is 438 g/mol. The number of nitrogens with one attached hydrogen (secondary N) is 3. The second kappa shape index (κ2) is 8.63. The van der Waals surface area contributed by atoms with Gasteiger partial charge in [0.2, 0.25) is 5.91 Å². The Bertz CT molecular complexity index is 1070. The van der Waals surface area contributed by atoms with E-state index in [-0.39, 0.29) is 24.9 Å². The summed E-state index contributed by atoms with van der Waals surface area (Å²) in [5.74, 6) is -1.99. The van der Waals surface area contributed by atoms with Crippen LogP contribution >= 0.6 is 0 Å². The van der Waals surface area contributed by atoms with Gasteiger partial charge in [-0.05, 0) is 51.7 Å². The molecular formula is C24H29N5O5. The number of para-hydroxylation sites is 1. The van der Waals surface area contributed by atoms with Crippen molar-refractivity contribution in [2.45, 2.75) is 75.6 Å². The van der Waals surface area contributed by atoms with E-state index in [4.69, 9.17) is 4.74 Å². The maximum Gasteiger partial charge on any atom is 0.407 e. The van der Waals surface area contributed by atoms with Crippen LogP contribution in [0.3, 0.4) is 0 Å². The highest BCUT2D eigenvalue weighted by molar-refractivity contribution is 6.35. The number of amides is 4. The van der Waals surface area contributed by atoms with E-state index in [9.17, 15) is 24.4 Å². The average Bonchev–Trinajstić information content (AvgIpc) is 3.44. The Morgan fingerprint density at radius 3 is 2.53 bits per heavy atom. The minimum atomic E-state index is -1.05. The van der Waals surface area contributed by atoms with E-state index in [0.717, 1.165) is 12.0 Å². The number of benzene rings is 1. The van der Waals surface area contributed by atoms with Crippen LogP contribution in [0.5, 0.6) is 0 Å². The third-order valence-electron chi connectivity index (χ3n) is 6.62. The molecule has 34 heavy (non-hydrogen) atoms. The molecule has 3 N–H and O–H groups in total. The van der Waals surface area contributed by atoms with Crippen LogP contribution in [-0.2, 0) is 24.5 Å². The van der Waals surface area contributed by atoms with E-state index in [1.807, 2.05) is 0 Å². The summed E-state index contributed by atoms with van der Waals surface area (Å²) in [5.41, 5.74) is -0.319. The standard InChI is InChI=1S/C24H29N5O5/c1-23(2,3)34-22(33)28-18-10-6-9-17(18)26-19(30)20(31)29-13-24(11-14(29)12-25)15-7-4-5-8-16(15)27-21(24)32/h4-5,7-8,14,17-18H,6,9-11,13H2,1-3H3,(H,26,30)(H,27,32)(H,28,33)/t14-,17-,18-,24-/m0/s1. The number of carbonyl (C=O) groups excluding carboxylic acids is 4. The van der Waals surface area contributed by atoms with E-state index >= 15 is 0 Å². The maximum atomic E-state index is 13.1. The zero-order valence-electron chi connectivity index (χ0n) is 19.5. The number of nitriles is 1. The van der Waals surface area contributed by atoms with E-state index in [2.05, 4.69) is 22.0 Å². The predicted molar refractivity (Wildman–Crippen MR) is 121 cm³/mol. The van der Waals surface area contributed by atoms with Gasteiger partial charge in [0.15, 0.2) is 0 Å². The average molecular weight is 468 g/mol. The summed E-state index contributed by atoms with van der Waals surface area (Å²) >= 11 is 0. The fourth-order valence-corrected chi connectivity index (χ4v) is 5.09. The van der Waals surface area contributed by atoms with Crippen molar-refractivity contribution < 1.29 is 23.9 Å². The van der Waals surface area contributed by atoms with Crippen LogP contribution < -0.4 is 16.0 Å². The first-order valence-electron chi connectivity index (χ1n) is 11.5. The minimum absolute atomic E-state index is 0.0510. The highest BCUT2D eigenvalue weighted by Gasteiger charge is 2.56. The Morgan fingerprint density at radius 1 is 1.18 bits per heavy atom. The van der Waals surface area contributed by atoms with Crippen LogP contribution in [0.1, 0.15) is 52.0 Å². The van der Waals surface area contributed by atoms with Crippen molar-refractivity contribution in [1.29, 1.82) is 5.26 Å². The molecule has 180 valence electrons. The number of carbonyl (C=O) groups is 4. The molecule has 4 rings (SSSR count). The van der Waals surface area contributed by atoms with Gasteiger partial charge in [-0.25, -0.2) is 4.79 Å². The lowest BCUT2D eigenvalue weighted by Gasteiger charge is -2.26. The Kier molecular flexibility index (Phi) is 5.98. The molecule has 4 atom stereocenters. The van der Waals surface area contributed by atoms with Crippen molar-refractivity contribution in [3.8, 4) is 6.07 Å². The van der Waals surface area contributed by atoms with E-state index < -0.39 is 41.0 Å². The van der Waals surface area contributed by atoms with E-state index in [1.54, 1.807) is 45.0 Å². The van der Waals surface area contributed by atoms with Crippen LogP contribution in [0, 0.1) is 11.3 Å². The Balaban J connectivity index is 1.44. The number of alkyl carbamates (subject to hydrolysis) is 1. The van der Waals surface area contributed by atoms with E-state index in [1.165, 1.54) is 4.90 Å². The molecule has 0 radical (unpaired) electrons. The summed E-state index contributed by atoms with van der Waals surface area (Å²) in [6.07, 6.45) is 1.55. The summed E-state index contributed by atoms with van der Waals surface area (Å²) in [4.78, 5) is 52.2. The van der Waals surface area contributed by atoms with Crippen molar-refractivity contribution in [2.75, 3.05) is 11.9 Å². The number of anilines is 1. The summed E-state index contributed by atoms with van der Waals surface area (Å²) < 4.78 is 5.29. The highest BCUT2D eigenvalue weighted by atomic mass is 16.6. The second-order valence-corrected chi connectivity index (χ2v) is 10.1. The normalized spacial score (nSPS) is 27.6. The summed E-state index contributed by atoms with van der Waals surface area (Å²) in [6.45, 7) is 5.23. The minimum Gasteiger partial charge on any atom is -0.444 e. The molecule has 1 aromatic rings. The number of rotatable bonds is 2. The van der Waals surface area contributed by atoms with Gasteiger partial charge in [0.1, 0.15) is 11.6 Å². The summed E-state index contributed by atoms with van der Waals surface area (Å²) in [7, 11) is 0. The van der Waals surface area contributed by atoms with E-state index in [0.29, 0.717) is 18.5 Å². The number of fused-ring (bicyclic) bond motifs is 2. The molecule has 4 amide bonds. The Morgan fingerprint density at radius 2 is 1.85 bits per heavy atom. The van der Waals surface area contributed by atoms with Gasteiger partial charge in [0.25, 0.3) is 0 Å². The third kappa shape index (κ3) is 4.30. The Hall–Kier alpha value is -3.61. The van der Waals surface area contributed by atoms with Crippen LogP contribution in [0.4, 0.5) is 10.5 Å². The number of nitrogens with zero attached hydrogens (tertiary/aromatic N) is 2. The zero-order chi connectivity index (χ0) is 24.7. The molecule has 1 spiro atoms. The molecule has 10 heteroatoms. The van der Waals surface area contributed by atoms with Gasteiger partial charge >= 0.3 is 17.9 Å². The fraction of sp³-hybridized carbons (Fsp3) is 0.542. The highest BCUT2D eigenvalue weighted by Crippen LogP contribution is 2.46. The lowest BCUT2D eigenvalue weighted by atomic mass is 9.80. The number of hydrogen-bond donors (Lipinski definition) is 3. The summed E-state index contributed by atoms with van der Waals surface area (Å²) in [6, 6.07) is 7.55. The fourth-order valence-electron chi connectivity index (χ4n) is 5.09. The van der Waals surface area contributed by atoms with Crippen LogP contribution in [0.25, 0.3) is 0 Å². The molecule has 0 aromatic heterocycles. The molecule has 1 saturated carbocycles. The van der Waals surface area contributed by atoms with Crippen LogP contribution in [0.15, 0.2) is 24.3 Å². The van der Waals surface area contributed by atoms with Gasteiger partial charge in [-0.3, -0.25) is 14.4 Å². The van der Waals surface area contributed by atoms with Crippen molar-refractivity contribution in [3.05, 3.63) is 29.8 Å². The van der Waals surface area contributed by atoms with Crippen molar-refractivity contribution in [2.24, 2.45) is 0 Å².